The van der Waals surface area contributed by atoms with Crippen molar-refractivity contribution in [3.8, 4) is 11.8 Å². The van der Waals surface area contributed by atoms with Crippen molar-refractivity contribution in [1.29, 1.82) is 5.26 Å². The van der Waals surface area contributed by atoms with Crippen LogP contribution < -0.4 is 4.74 Å². The number of benzene rings is 2. The minimum atomic E-state index is -0.436. The maximum Gasteiger partial charge on any atom is 0.410 e. The molecule has 2 heterocycles. The van der Waals surface area contributed by atoms with E-state index in [0.29, 0.717) is 31.2 Å². The molecule has 7 nitrogen and oxygen atoms in total. The molecule has 1 spiro atoms. The van der Waals surface area contributed by atoms with Crippen molar-refractivity contribution >= 4 is 17.1 Å². The number of fused-ring (bicyclic) bond motifs is 1. The zero-order valence-electron chi connectivity index (χ0n) is 18.9. The van der Waals surface area contributed by atoms with E-state index in [1.807, 2.05) is 54.5 Å². The van der Waals surface area contributed by atoms with Crippen LogP contribution in [0.4, 0.5) is 4.79 Å². The highest BCUT2D eigenvalue weighted by molar-refractivity contribution is 5.77. The molecule has 1 aliphatic carbocycles. The van der Waals surface area contributed by atoms with Gasteiger partial charge in [-0.1, -0.05) is 18.2 Å². The van der Waals surface area contributed by atoms with Gasteiger partial charge in [-0.2, -0.15) is 5.26 Å². The number of imidazole rings is 1. The van der Waals surface area contributed by atoms with Gasteiger partial charge >= 0.3 is 6.09 Å². The zero-order chi connectivity index (χ0) is 22.8. The van der Waals surface area contributed by atoms with E-state index in [4.69, 9.17) is 9.47 Å². The van der Waals surface area contributed by atoms with Crippen molar-refractivity contribution in [2.75, 3.05) is 13.2 Å². The largest absolute Gasteiger partial charge is 0.494 e. The van der Waals surface area contributed by atoms with Crippen LogP contribution in [0.25, 0.3) is 11.0 Å². The van der Waals surface area contributed by atoms with Gasteiger partial charge in [0.2, 0.25) is 0 Å². The molecule has 7 heteroatoms. The molecule has 1 saturated carbocycles. The summed E-state index contributed by atoms with van der Waals surface area (Å²) < 4.78 is 13.9. The van der Waals surface area contributed by atoms with E-state index in [1.165, 1.54) is 0 Å². The smallest absolute Gasteiger partial charge is 0.410 e. The number of aromatic nitrogens is 2. The van der Waals surface area contributed by atoms with Gasteiger partial charge in [0.25, 0.3) is 0 Å². The topological polar surface area (TPSA) is 80.4 Å². The molecule has 2 aliphatic rings. The Morgan fingerprint density at radius 1 is 1.30 bits per heavy atom. The van der Waals surface area contributed by atoms with E-state index in [1.54, 1.807) is 6.07 Å². The van der Waals surface area contributed by atoms with Gasteiger partial charge in [0, 0.05) is 12.1 Å². The number of amides is 1. The number of nitriles is 1. The number of rotatable bonds is 6. The standard InChI is InChI=1S/C26H28N4O3/c1-2-32-24-8-4-3-7-21(24)16-29-17-26(33-25(29)31)11-5-6-20(13-26)15-30-18-28-22-10-9-19(14-27)12-23(22)30/h3-4,7-10,12,18,20H,2,5-6,11,13,15-17H2,1H3. The third kappa shape index (κ3) is 4.25. The van der Waals surface area contributed by atoms with Crippen LogP contribution in [-0.4, -0.2) is 39.3 Å². The molecule has 1 saturated heterocycles. The molecule has 2 atom stereocenters. The second-order valence-corrected chi connectivity index (χ2v) is 9.12. The molecule has 5 rings (SSSR count). The van der Waals surface area contributed by atoms with Gasteiger partial charge in [-0.15, -0.1) is 0 Å². The summed E-state index contributed by atoms with van der Waals surface area (Å²) in [6.45, 7) is 4.45. The number of ether oxygens (including phenoxy) is 2. The average molecular weight is 445 g/mol. The average Bonchev–Trinajstić information content (AvgIpc) is 3.35. The lowest BCUT2D eigenvalue weighted by atomic mass is 9.78. The lowest BCUT2D eigenvalue weighted by molar-refractivity contribution is 0.00415. The third-order valence-corrected chi connectivity index (χ3v) is 6.79. The Morgan fingerprint density at radius 2 is 2.18 bits per heavy atom. The van der Waals surface area contributed by atoms with Crippen LogP contribution in [0, 0.1) is 17.2 Å². The van der Waals surface area contributed by atoms with Crippen LogP contribution in [0.15, 0.2) is 48.8 Å². The van der Waals surface area contributed by atoms with Gasteiger partial charge < -0.3 is 14.0 Å². The number of nitrogens with zero attached hydrogens (tertiary/aromatic N) is 4. The molecule has 1 aliphatic heterocycles. The van der Waals surface area contributed by atoms with Crippen LogP contribution in [0.1, 0.15) is 43.7 Å². The van der Waals surface area contributed by atoms with Gasteiger partial charge in [0.05, 0.1) is 48.7 Å². The second-order valence-electron chi connectivity index (χ2n) is 9.12. The van der Waals surface area contributed by atoms with Gasteiger partial charge in [-0.25, -0.2) is 9.78 Å². The van der Waals surface area contributed by atoms with Crippen molar-refractivity contribution in [3.05, 3.63) is 59.9 Å². The molecular formula is C26H28N4O3. The van der Waals surface area contributed by atoms with E-state index in [2.05, 4.69) is 15.6 Å². The third-order valence-electron chi connectivity index (χ3n) is 6.79. The monoisotopic (exact) mass is 444 g/mol. The van der Waals surface area contributed by atoms with Gasteiger partial charge in [0.15, 0.2) is 0 Å². The molecule has 0 bridgehead atoms. The van der Waals surface area contributed by atoms with E-state index in [-0.39, 0.29) is 6.09 Å². The molecule has 3 aromatic rings. The lowest BCUT2D eigenvalue weighted by Crippen LogP contribution is -2.40. The van der Waals surface area contributed by atoms with Crippen LogP contribution in [0.5, 0.6) is 5.75 Å². The first-order valence-corrected chi connectivity index (χ1v) is 11.6. The molecule has 170 valence electrons. The van der Waals surface area contributed by atoms with Crippen LogP contribution in [-0.2, 0) is 17.8 Å². The van der Waals surface area contributed by atoms with E-state index >= 15 is 0 Å². The summed E-state index contributed by atoms with van der Waals surface area (Å²) >= 11 is 0. The molecule has 0 N–H and O–H groups in total. The molecular weight excluding hydrogens is 416 g/mol. The normalized spacial score (nSPS) is 22.5. The highest BCUT2D eigenvalue weighted by Crippen LogP contribution is 2.41. The predicted molar refractivity (Wildman–Crippen MR) is 124 cm³/mol. The first kappa shape index (κ1) is 21.3. The minimum Gasteiger partial charge on any atom is -0.494 e. The SMILES string of the molecule is CCOc1ccccc1CN1CC2(CCCC(Cn3cnc4ccc(C#N)cc43)C2)OC1=O. The molecule has 1 amide bonds. The summed E-state index contributed by atoms with van der Waals surface area (Å²) in [5.74, 6) is 1.20. The maximum absolute atomic E-state index is 12.8. The fraction of sp³-hybridized carbons (Fsp3) is 0.423. The van der Waals surface area contributed by atoms with Crippen LogP contribution in [0.2, 0.25) is 0 Å². The predicted octanol–water partition coefficient (Wildman–Crippen LogP) is 4.89. The van der Waals surface area contributed by atoms with E-state index < -0.39 is 5.60 Å². The first-order valence-electron chi connectivity index (χ1n) is 11.6. The maximum atomic E-state index is 12.8. The quantitative estimate of drug-likeness (QED) is 0.541. The Bertz CT molecular complexity index is 1210. The first-order chi connectivity index (χ1) is 16.1. The molecule has 2 aromatic carbocycles. The summed E-state index contributed by atoms with van der Waals surface area (Å²) in [5.41, 5.74) is 3.07. The summed E-state index contributed by atoms with van der Waals surface area (Å²) in [4.78, 5) is 19.1. The zero-order valence-corrected chi connectivity index (χ0v) is 18.9. The number of hydrogen-bond donors (Lipinski definition) is 0. The highest BCUT2D eigenvalue weighted by atomic mass is 16.6. The van der Waals surface area contributed by atoms with Crippen LogP contribution in [0.3, 0.4) is 0 Å². The number of carbonyl (C=O) groups excluding carboxylic acids is 1. The minimum absolute atomic E-state index is 0.242. The number of para-hydroxylation sites is 1. The molecule has 1 aromatic heterocycles. The Balaban J connectivity index is 1.30. The van der Waals surface area contributed by atoms with Gasteiger partial charge in [-0.3, -0.25) is 4.90 Å². The van der Waals surface area contributed by atoms with Gasteiger partial charge in [0.1, 0.15) is 11.4 Å². The van der Waals surface area contributed by atoms with Crippen molar-refractivity contribution in [3.63, 3.8) is 0 Å². The van der Waals surface area contributed by atoms with Crippen molar-refractivity contribution < 1.29 is 14.3 Å². The Kier molecular flexibility index (Phi) is 5.67. The fourth-order valence-corrected chi connectivity index (χ4v) is 5.34. The highest BCUT2D eigenvalue weighted by Gasteiger charge is 2.48. The number of carbonyl (C=O) groups is 1. The second kappa shape index (κ2) is 8.78. The molecule has 0 radical (unpaired) electrons. The molecule has 33 heavy (non-hydrogen) atoms. The van der Waals surface area contributed by atoms with Crippen molar-refractivity contribution in [2.24, 2.45) is 5.92 Å². The van der Waals surface area contributed by atoms with Crippen LogP contribution >= 0.6 is 0 Å². The van der Waals surface area contributed by atoms with E-state index in [9.17, 15) is 10.1 Å². The van der Waals surface area contributed by atoms with Crippen molar-refractivity contribution in [2.45, 2.75) is 51.3 Å². The fourth-order valence-electron chi connectivity index (χ4n) is 5.34. The Labute approximate surface area is 193 Å². The van der Waals surface area contributed by atoms with E-state index in [0.717, 1.165) is 54.6 Å². The van der Waals surface area contributed by atoms with Crippen molar-refractivity contribution in [1.82, 2.24) is 14.5 Å². The summed E-state index contributed by atoms with van der Waals surface area (Å²) in [7, 11) is 0. The number of hydrogen-bond acceptors (Lipinski definition) is 5. The van der Waals surface area contributed by atoms with Gasteiger partial charge in [-0.05, 0) is 62.8 Å². The molecule has 2 fully saturated rings. The Hall–Kier alpha value is -3.53. The summed E-state index contributed by atoms with van der Waals surface area (Å²) in [6, 6.07) is 15.7. The summed E-state index contributed by atoms with van der Waals surface area (Å²) in [6.07, 6.45) is 5.45. The Morgan fingerprint density at radius 3 is 3.03 bits per heavy atom. The summed E-state index contributed by atoms with van der Waals surface area (Å²) in [5, 5.41) is 9.25. The lowest BCUT2D eigenvalue weighted by Gasteiger charge is -2.36. The molecule has 2 unspecified atom stereocenters.